The third-order valence-corrected chi connectivity index (χ3v) is 4.20. The quantitative estimate of drug-likeness (QED) is 0.527. The van der Waals surface area contributed by atoms with Crippen LogP contribution in [0.25, 0.3) is 11.2 Å². The second-order valence-corrected chi connectivity index (χ2v) is 6.34. The van der Waals surface area contributed by atoms with Gasteiger partial charge in [0.1, 0.15) is 0 Å². The Bertz CT molecular complexity index is 1070. The van der Waals surface area contributed by atoms with Crippen LogP contribution in [0.2, 0.25) is 5.28 Å². The minimum absolute atomic E-state index is 0.0910. The molecule has 3 heterocycles. The fraction of sp³-hybridized carbons (Fsp3) is 0.294. The second kappa shape index (κ2) is 6.68. The largest absolute Gasteiger partial charge is 0.332 e. The maximum Gasteiger partial charge on any atom is 0.332 e. The Morgan fingerprint density at radius 3 is 2.64 bits per heavy atom. The first-order valence-corrected chi connectivity index (χ1v) is 8.16. The molecule has 0 saturated heterocycles. The van der Waals surface area contributed by atoms with Crippen molar-refractivity contribution in [2.45, 2.75) is 26.9 Å². The standard InChI is InChI=1S/C17H18ClN5O2/c1-11(2)7-9-22-13-14(20-16(22)18)21(3)17(25)23(15(13)24)10-12-6-4-5-8-19-12/h4-8H,9-10H2,1-3H3. The van der Waals surface area contributed by atoms with Crippen LogP contribution in [0.5, 0.6) is 0 Å². The average Bonchev–Trinajstić information content (AvgIpc) is 2.92. The van der Waals surface area contributed by atoms with E-state index in [9.17, 15) is 9.59 Å². The van der Waals surface area contributed by atoms with Gasteiger partial charge in [0, 0.05) is 19.8 Å². The molecule has 0 aliphatic rings. The highest BCUT2D eigenvalue weighted by Crippen LogP contribution is 2.16. The molecular weight excluding hydrogens is 342 g/mol. The van der Waals surface area contributed by atoms with Crippen LogP contribution in [-0.4, -0.2) is 23.7 Å². The maximum absolute atomic E-state index is 13.0. The number of halogens is 1. The smallest absolute Gasteiger partial charge is 0.305 e. The second-order valence-electron chi connectivity index (χ2n) is 6.00. The van der Waals surface area contributed by atoms with Gasteiger partial charge >= 0.3 is 5.69 Å². The van der Waals surface area contributed by atoms with Crippen LogP contribution in [0.15, 0.2) is 45.6 Å². The van der Waals surface area contributed by atoms with E-state index >= 15 is 0 Å². The van der Waals surface area contributed by atoms with E-state index in [1.54, 1.807) is 29.9 Å². The molecule has 0 aliphatic heterocycles. The number of aryl methyl sites for hydroxylation is 1. The highest BCUT2D eigenvalue weighted by Gasteiger charge is 2.19. The van der Waals surface area contributed by atoms with Crippen molar-refractivity contribution in [3.63, 3.8) is 0 Å². The number of fused-ring (bicyclic) bond motifs is 1. The van der Waals surface area contributed by atoms with Gasteiger partial charge in [-0.05, 0) is 37.6 Å². The van der Waals surface area contributed by atoms with Crippen molar-refractivity contribution in [2.24, 2.45) is 7.05 Å². The number of allylic oxidation sites excluding steroid dienone is 2. The Hall–Kier alpha value is -2.67. The predicted octanol–water partition coefficient (Wildman–Crippen LogP) is 1.96. The van der Waals surface area contributed by atoms with Crippen molar-refractivity contribution in [2.75, 3.05) is 0 Å². The lowest BCUT2D eigenvalue weighted by atomic mass is 10.3. The number of aromatic nitrogens is 5. The normalized spacial score (nSPS) is 11.0. The molecule has 0 aliphatic carbocycles. The lowest BCUT2D eigenvalue weighted by molar-refractivity contribution is 0.644. The summed E-state index contributed by atoms with van der Waals surface area (Å²) in [5, 5.41) is 0.176. The summed E-state index contributed by atoms with van der Waals surface area (Å²) in [7, 11) is 1.58. The molecule has 3 aromatic heterocycles. The van der Waals surface area contributed by atoms with Gasteiger partial charge in [-0.1, -0.05) is 17.7 Å². The Morgan fingerprint density at radius 2 is 2.00 bits per heavy atom. The summed E-state index contributed by atoms with van der Waals surface area (Å²) in [6.07, 6.45) is 3.57. The van der Waals surface area contributed by atoms with E-state index in [1.165, 1.54) is 4.57 Å². The highest BCUT2D eigenvalue weighted by atomic mass is 35.5. The summed E-state index contributed by atoms with van der Waals surface area (Å²) in [4.78, 5) is 33.9. The van der Waals surface area contributed by atoms with Gasteiger partial charge in [0.05, 0.1) is 12.2 Å². The van der Waals surface area contributed by atoms with E-state index in [0.717, 1.165) is 10.1 Å². The third kappa shape index (κ3) is 3.15. The molecule has 3 rings (SSSR count). The van der Waals surface area contributed by atoms with Gasteiger partial charge in [0.15, 0.2) is 11.2 Å². The highest BCUT2D eigenvalue weighted by molar-refractivity contribution is 6.29. The first kappa shape index (κ1) is 17.2. The van der Waals surface area contributed by atoms with Gasteiger partial charge in [-0.25, -0.2) is 4.79 Å². The van der Waals surface area contributed by atoms with E-state index < -0.39 is 11.2 Å². The lowest BCUT2D eigenvalue weighted by Crippen LogP contribution is -2.40. The van der Waals surface area contributed by atoms with Crippen molar-refractivity contribution in [3.8, 4) is 0 Å². The van der Waals surface area contributed by atoms with Gasteiger partial charge in [0.2, 0.25) is 5.28 Å². The first-order valence-electron chi connectivity index (χ1n) is 7.79. The summed E-state index contributed by atoms with van der Waals surface area (Å²) < 4.78 is 4.10. The van der Waals surface area contributed by atoms with Crippen molar-refractivity contribution >= 4 is 22.8 Å². The summed E-state index contributed by atoms with van der Waals surface area (Å²) in [5.74, 6) is 0. The first-order chi connectivity index (χ1) is 11.9. The minimum atomic E-state index is -0.452. The van der Waals surface area contributed by atoms with Gasteiger partial charge in [-0.15, -0.1) is 0 Å². The molecule has 8 heteroatoms. The SMILES string of the molecule is CC(C)=CCn1c(Cl)nc2c1c(=O)n(Cc1ccccn1)c(=O)n2C. The number of pyridine rings is 1. The summed E-state index contributed by atoms with van der Waals surface area (Å²) >= 11 is 6.21. The van der Waals surface area contributed by atoms with Gasteiger partial charge in [-0.3, -0.25) is 18.9 Å². The number of nitrogens with zero attached hydrogens (tertiary/aromatic N) is 5. The van der Waals surface area contributed by atoms with Crippen LogP contribution >= 0.6 is 11.6 Å². The number of imidazole rings is 1. The van der Waals surface area contributed by atoms with Crippen LogP contribution in [-0.2, 0) is 20.1 Å². The van der Waals surface area contributed by atoms with E-state index in [1.807, 2.05) is 26.0 Å². The summed E-state index contributed by atoms with van der Waals surface area (Å²) in [5.41, 5.74) is 1.43. The molecular formula is C17H18ClN5O2. The molecule has 3 aromatic rings. The molecule has 0 radical (unpaired) electrons. The van der Waals surface area contributed by atoms with Crippen LogP contribution in [0.1, 0.15) is 19.5 Å². The molecule has 0 bridgehead atoms. The monoisotopic (exact) mass is 359 g/mol. The van der Waals surface area contributed by atoms with E-state index in [2.05, 4.69) is 9.97 Å². The van der Waals surface area contributed by atoms with Crippen molar-refractivity contribution in [1.82, 2.24) is 23.7 Å². The molecule has 0 atom stereocenters. The van der Waals surface area contributed by atoms with Gasteiger partial charge < -0.3 is 4.57 Å². The lowest BCUT2D eigenvalue weighted by Gasteiger charge is -2.09. The zero-order valence-electron chi connectivity index (χ0n) is 14.2. The Morgan fingerprint density at radius 1 is 1.24 bits per heavy atom. The molecule has 0 N–H and O–H groups in total. The molecule has 0 saturated carbocycles. The Kier molecular flexibility index (Phi) is 4.59. The molecule has 0 unspecified atom stereocenters. The molecule has 130 valence electrons. The van der Waals surface area contributed by atoms with Gasteiger partial charge in [-0.2, -0.15) is 4.98 Å². The minimum Gasteiger partial charge on any atom is -0.305 e. The van der Waals surface area contributed by atoms with Crippen LogP contribution in [0, 0.1) is 0 Å². The Balaban J connectivity index is 2.25. The zero-order chi connectivity index (χ0) is 18.1. The number of hydrogen-bond donors (Lipinski definition) is 0. The van der Waals surface area contributed by atoms with Crippen molar-refractivity contribution in [3.05, 3.63) is 67.9 Å². The molecule has 0 spiro atoms. The fourth-order valence-electron chi connectivity index (χ4n) is 2.58. The molecule has 0 fully saturated rings. The topological polar surface area (TPSA) is 74.7 Å². The molecule has 0 aromatic carbocycles. The summed E-state index contributed by atoms with van der Waals surface area (Å²) in [6.45, 7) is 4.42. The maximum atomic E-state index is 13.0. The zero-order valence-corrected chi connectivity index (χ0v) is 15.0. The summed E-state index contributed by atoms with van der Waals surface area (Å²) in [6, 6.07) is 5.36. The van der Waals surface area contributed by atoms with Crippen LogP contribution in [0.3, 0.4) is 0 Å². The van der Waals surface area contributed by atoms with E-state index in [0.29, 0.717) is 17.8 Å². The van der Waals surface area contributed by atoms with E-state index in [-0.39, 0.29) is 17.5 Å². The van der Waals surface area contributed by atoms with Crippen molar-refractivity contribution < 1.29 is 0 Å². The third-order valence-electron chi connectivity index (χ3n) is 3.91. The van der Waals surface area contributed by atoms with Gasteiger partial charge in [0.25, 0.3) is 5.56 Å². The number of rotatable bonds is 4. The Labute approximate surface area is 148 Å². The fourth-order valence-corrected chi connectivity index (χ4v) is 2.81. The van der Waals surface area contributed by atoms with Crippen LogP contribution < -0.4 is 11.2 Å². The van der Waals surface area contributed by atoms with E-state index in [4.69, 9.17) is 11.6 Å². The van der Waals surface area contributed by atoms with Crippen LogP contribution in [0.4, 0.5) is 0 Å². The average molecular weight is 360 g/mol. The molecule has 7 nitrogen and oxygen atoms in total. The number of hydrogen-bond acceptors (Lipinski definition) is 4. The molecule has 0 amide bonds. The van der Waals surface area contributed by atoms with Crippen molar-refractivity contribution in [1.29, 1.82) is 0 Å². The predicted molar refractivity (Wildman–Crippen MR) is 97.0 cm³/mol. The molecule has 25 heavy (non-hydrogen) atoms.